The lowest BCUT2D eigenvalue weighted by molar-refractivity contribution is -0.133. The average molecular weight is 460 g/mol. The van der Waals surface area contributed by atoms with Crippen molar-refractivity contribution in [2.75, 3.05) is 20.3 Å². The van der Waals surface area contributed by atoms with Gasteiger partial charge < -0.3 is 19.5 Å². The molecule has 0 heterocycles. The third-order valence-electron chi connectivity index (χ3n) is 5.19. The Labute approximate surface area is 200 Å². The topological polar surface area (TPSA) is 73.9 Å². The number of carbonyl (C=O) groups excluding carboxylic acids is 2. The lowest BCUT2D eigenvalue weighted by atomic mass is 10.1. The van der Waals surface area contributed by atoms with Crippen molar-refractivity contribution in [1.82, 2.24) is 5.32 Å². The summed E-state index contributed by atoms with van der Waals surface area (Å²) in [6.07, 6.45) is 2.14. The molecule has 3 aromatic rings. The van der Waals surface area contributed by atoms with Gasteiger partial charge in [-0.05, 0) is 47.7 Å². The fourth-order valence-corrected chi connectivity index (χ4v) is 3.32. The summed E-state index contributed by atoms with van der Waals surface area (Å²) < 4.78 is 16.2. The number of rotatable bonds is 11. The zero-order chi connectivity index (χ0) is 24.2. The van der Waals surface area contributed by atoms with E-state index in [-0.39, 0.29) is 18.1 Å². The van der Waals surface area contributed by atoms with Gasteiger partial charge in [0, 0.05) is 6.54 Å². The summed E-state index contributed by atoms with van der Waals surface area (Å²) in [4.78, 5) is 24.5. The van der Waals surface area contributed by atoms with E-state index >= 15 is 0 Å². The van der Waals surface area contributed by atoms with Crippen LogP contribution in [0.2, 0.25) is 0 Å². The van der Waals surface area contributed by atoms with Crippen LogP contribution >= 0.6 is 0 Å². The fourth-order valence-electron chi connectivity index (χ4n) is 3.32. The first-order valence-electron chi connectivity index (χ1n) is 11.1. The van der Waals surface area contributed by atoms with E-state index < -0.39 is 5.97 Å². The molecule has 0 aliphatic rings. The Balaban J connectivity index is 1.55. The van der Waals surface area contributed by atoms with Gasteiger partial charge >= 0.3 is 5.97 Å². The quantitative estimate of drug-likeness (QED) is 0.260. The van der Waals surface area contributed by atoms with Crippen LogP contribution in [0, 0.1) is 6.92 Å². The van der Waals surface area contributed by atoms with Crippen molar-refractivity contribution in [3.05, 3.63) is 107 Å². The van der Waals surface area contributed by atoms with Gasteiger partial charge in [0.25, 0.3) is 5.91 Å². The summed E-state index contributed by atoms with van der Waals surface area (Å²) in [7, 11) is 1.31. The van der Waals surface area contributed by atoms with Crippen LogP contribution < -0.4 is 10.1 Å². The van der Waals surface area contributed by atoms with Crippen LogP contribution in [-0.4, -0.2) is 32.1 Å². The van der Waals surface area contributed by atoms with Crippen molar-refractivity contribution >= 4 is 17.4 Å². The highest BCUT2D eigenvalue weighted by molar-refractivity contribution is 6.16. The Bertz CT molecular complexity index is 1120. The van der Waals surface area contributed by atoms with Crippen molar-refractivity contribution < 1.29 is 23.8 Å². The summed E-state index contributed by atoms with van der Waals surface area (Å²) in [6.45, 7) is 2.78. The average Bonchev–Trinajstić information content (AvgIpc) is 2.87. The van der Waals surface area contributed by atoms with Crippen LogP contribution in [0.5, 0.6) is 5.75 Å². The van der Waals surface area contributed by atoms with E-state index in [1.54, 1.807) is 24.3 Å². The predicted octanol–water partition coefficient (Wildman–Crippen LogP) is 4.46. The van der Waals surface area contributed by atoms with E-state index in [1.165, 1.54) is 24.5 Å². The van der Waals surface area contributed by atoms with Gasteiger partial charge in [-0.15, -0.1) is 0 Å². The first-order chi connectivity index (χ1) is 16.6. The Morgan fingerprint density at radius 1 is 0.941 bits per heavy atom. The summed E-state index contributed by atoms with van der Waals surface area (Å²) in [5.74, 6) is -0.280. The first-order valence-corrected chi connectivity index (χ1v) is 11.1. The summed E-state index contributed by atoms with van der Waals surface area (Å²) >= 11 is 0. The second-order valence-electron chi connectivity index (χ2n) is 7.66. The lowest BCUT2D eigenvalue weighted by Gasteiger charge is -2.11. The minimum absolute atomic E-state index is 0.126. The monoisotopic (exact) mass is 459 g/mol. The Morgan fingerprint density at radius 2 is 1.71 bits per heavy atom. The molecular formula is C28H29NO5. The van der Waals surface area contributed by atoms with Crippen molar-refractivity contribution in [3.8, 4) is 5.75 Å². The van der Waals surface area contributed by atoms with Gasteiger partial charge in [-0.25, -0.2) is 4.79 Å². The van der Waals surface area contributed by atoms with Gasteiger partial charge in [0.2, 0.25) is 0 Å². The summed E-state index contributed by atoms with van der Waals surface area (Å²) in [6, 6.07) is 24.6. The highest BCUT2D eigenvalue weighted by Crippen LogP contribution is 2.22. The molecule has 0 unspecified atom stereocenters. The van der Waals surface area contributed by atoms with Crippen LogP contribution in [-0.2, 0) is 32.1 Å². The molecule has 0 radical (unpaired) electrons. The largest absolute Gasteiger partial charge is 0.496 e. The number of ether oxygens (including phenoxy) is 3. The molecular weight excluding hydrogens is 430 g/mol. The van der Waals surface area contributed by atoms with E-state index in [1.807, 2.05) is 42.5 Å². The van der Waals surface area contributed by atoms with Gasteiger partial charge in [0.15, 0.2) is 6.61 Å². The molecule has 0 saturated carbocycles. The van der Waals surface area contributed by atoms with E-state index in [2.05, 4.69) is 24.4 Å². The molecule has 1 N–H and O–H groups in total. The molecule has 176 valence electrons. The number of hydrogen-bond donors (Lipinski definition) is 1. The van der Waals surface area contributed by atoms with Gasteiger partial charge in [0.05, 0.1) is 13.4 Å². The lowest BCUT2D eigenvalue weighted by Crippen LogP contribution is -2.30. The zero-order valence-corrected chi connectivity index (χ0v) is 19.5. The predicted molar refractivity (Wildman–Crippen MR) is 131 cm³/mol. The van der Waals surface area contributed by atoms with Crippen molar-refractivity contribution in [1.29, 1.82) is 0 Å². The molecule has 3 aromatic carbocycles. The van der Waals surface area contributed by atoms with Crippen LogP contribution in [0.4, 0.5) is 0 Å². The second kappa shape index (κ2) is 12.8. The van der Waals surface area contributed by atoms with E-state index in [9.17, 15) is 9.59 Å². The minimum atomic E-state index is -0.529. The van der Waals surface area contributed by atoms with Gasteiger partial charge in [-0.1, -0.05) is 66.7 Å². The smallest absolute Gasteiger partial charge is 0.341 e. The number of amides is 1. The van der Waals surface area contributed by atoms with E-state index in [0.717, 1.165) is 12.0 Å². The van der Waals surface area contributed by atoms with Crippen LogP contribution in [0.15, 0.2) is 85.1 Å². The maximum Gasteiger partial charge on any atom is 0.341 e. The van der Waals surface area contributed by atoms with Crippen LogP contribution in [0.3, 0.4) is 0 Å². The standard InChI is InChI=1S/C28H29NO5/c1-21-9-6-7-12-23(21)15-16-29-27(30)20-34-25-14-8-13-24(17-25)26(28(31)32-2)19-33-18-22-10-4-3-5-11-22/h3-14,17,19H,15-16,18,20H2,1-2H3,(H,29,30)/b26-19-. The maximum absolute atomic E-state index is 12.3. The summed E-state index contributed by atoms with van der Waals surface area (Å²) in [5, 5.41) is 2.87. The van der Waals surface area contributed by atoms with E-state index in [4.69, 9.17) is 14.2 Å². The fraction of sp³-hybridized carbons (Fsp3) is 0.214. The number of aryl methyl sites for hydroxylation is 1. The molecule has 0 aromatic heterocycles. The molecule has 0 fully saturated rings. The Morgan fingerprint density at radius 3 is 2.47 bits per heavy atom. The molecule has 0 saturated heterocycles. The molecule has 6 nitrogen and oxygen atoms in total. The van der Waals surface area contributed by atoms with E-state index in [0.29, 0.717) is 24.5 Å². The molecule has 0 atom stereocenters. The molecule has 6 heteroatoms. The normalized spacial score (nSPS) is 10.9. The Kier molecular flexibility index (Phi) is 9.29. The van der Waals surface area contributed by atoms with Gasteiger partial charge in [0.1, 0.15) is 17.9 Å². The summed E-state index contributed by atoms with van der Waals surface area (Å²) in [5.41, 5.74) is 4.21. The molecule has 0 aliphatic carbocycles. The molecule has 3 rings (SSSR count). The number of esters is 1. The third kappa shape index (κ3) is 7.52. The van der Waals surface area contributed by atoms with Crippen LogP contribution in [0.25, 0.3) is 5.57 Å². The number of methoxy groups -OCH3 is 1. The number of hydrogen-bond acceptors (Lipinski definition) is 5. The van der Waals surface area contributed by atoms with Crippen molar-refractivity contribution in [3.63, 3.8) is 0 Å². The highest BCUT2D eigenvalue weighted by Gasteiger charge is 2.14. The molecule has 34 heavy (non-hydrogen) atoms. The van der Waals surface area contributed by atoms with Crippen LogP contribution in [0.1, 0.15) is 22.3 Å². The van der Waals surface area contributed by atoms with Gasteiger partial charge in [-0.2, -0.15) is 0 Å². The highest BCUT2D eigenvalue weighted by atomic mass is 16.5. The molecule has 0 aliphatic heterocycles. The van der Waals surface area contributed by atoms with Crippen molar-refractivity contribution in [2.45, 2.75) is 20.0 Å². The third-order valence-corrected chi connectivity index (χ3v) is 5.19. The Hall–Kier alpha value is -4.06. The number of carbonyl (C=O) groups is 2. The molecule has 0 spiro atoms. The maximum atomic E-state index is 12.3. The SMILES string of the molecule is COC(=O)/C(=C\OCc1ccccc1)c1cccc(OCC(=O)NCCc2ccccc2C)c1. The second-order valence-corrected chi connectivity index (χ2v) is 7.66. The first kappa shape index (κ1) is 24.6. The number of benzene rings is 3. The molecule has 0 bridgehead atoms. The minimum Gasteiger partial charge on any atom is -0.496 e. The van der Waals surface area contributed by atoms with Gasteiger partial charge in [-0.3, -0.25) is 4.79 Å². The van der Waals surface area contributed by atoms with Crippen molar-refractivity contribution in [2.24, 2.45) is 0 Å². The zero-order valence-electron chi connectivity index (χ0n) is 19.5. The molecule has 1 amide bonds. The number of nitrogens with one attached hydrogen (secondary N) is 1.